The van der Waals surface area contributed by atoms with Crippen molar-refractivity contribution >= 4 is 27.5 Å². The molecule has 0 unspecified atom stereocenters. The van der Waals surface area contributed by atoms with Crippen LogP contribution < -0.4 is 10.1 Å². The molecule has 1 aromatic carbocycles. The van der Waals surface area contributed by atoms with Crippen molar-refractivity contribution < 1.29 is 9.53 Å². The van der Waals surface area contributed by atoms with Gasteiger partial charge in [-0.3, -0.25) is 4.79 Å². The largest absolute Gasteiger partial charge is 0.479 e. The minimum atomic E-state index is -0.276. The van der Waals surface area contributed by atoms with Gasteiger partial charge in [0.05, 0.1) is 5.56 Å². The van der Waals surface area contributed by atoms with Crippen molar-refractivity contribution in [2.75, 3.05) is 11.9 Å². The van der Waals surface area contributed by atoms with Crippen LogP contribution in [0.5, 0.6) is 5.75 Å². The number of carbonyl (C=O) groups is 1. The number of rotatable bonds is 4. The first-order valence-electron chi connectivity index (χ1n) is 5.72. The molecule has 0 aliphatic carbocycles. The Morgan fingerprint density at radius 2 is 2.25 bits per heavy atom. The van der Waals surface area contributed by atoms with Crippen LogP contribution in [0.15, 0.2) is 47.2 Å². The second kappa shape index (κ2) is 6.68. The van der Waals surface area contributed by atoms with Gasteiger partial charge in [0.15, 0.2) is 6.61 Å². The summed E-state index contributed by atoms with van der Waals surface area (Å²) in [6.07, 6.45) is 1.59. The lowest BCUT2D eigenvalue weighted by atomic mass is 10.2. The first kappa shape index (κ1) is 14.0. The Hall–Kier alpha value is -2.39. The van der Waals surface area contributed by atoms with E-state index in [0.717, 1.165) is 0 Å². The fourth-order valence-corrected chi connectivity index (χ4v) is 1.96. The van der Waals surface area contributed by atoms with E-state index in [0.29, 0.717) is 21.6 Å². The molecular weight excluding hydrogens is 322 g/mol. The Morgan fingerprint density at radius 1 is 1.40 bits per heavy atom. The minimum Gasteiger partial charge on any atom is -0.479 e. The summed E-state index contributed by atoms with van der Waals surface area (Å²) in [5.41, 5.74) is 1.03. The first-order chi connectivity index (χ1) is 9.70. The van der Waals surface area contributed by atoms with Gasteiger partial charge >= 0.3 is 0 Å². The van der Waals surface area contributed by atoms with Crippen LogP contribution in [0.2, 0.25) is 0 Å². The zero-order valence-corrected chi connectivity index (χ0v) is 11.9. The number of ether oxygens (including phenoxy) is 1. The maximum absolute atomic E-state index is 12.1. The number of nitrogens with one attached hydrogen (secondary N) is 1. The molecule has 0 aliphatic heterocycles. The van der Waals surface area contributed by atoms with Crippen molar-refractivity contribution in [2.45, 2.75) is 0 Å². The molecule has 5 nitrogen and oxygen atoms in total. The summed E-state index contributed by atoms with van der Waals surface area (Å²) in [5.74, 6) is 0.247. The van der Waals surface area contributed by atoms with Crippen LogP contribution in [0.3, 0.4) is 0 Å². The summed E-state index contributed by atoms with van der Waals surface area (Å²) in [6.45, 7) is -0.0362. The van der Waals surface area contributed by atoms with Crippen LogP contribution in [-0.2, 0) is 0 Å². The number of aromatic nitrogens is 1. The van der Waals surface area contributed by atoms with Crippen LogP contribution in [0.1, 0.15) is 10.4 Å². The highest BCUT2D eigenvalue weighted by atomic mass is 79.9. The Bertz CT molecular complexity index is 667. The van der Waals surface area contributed by atoms with E-state index in [1.165, 1.54) is 0 Å². The molecule has 1 heterocycles. The Labute approximate surface area is 124 Å². The molecular formula is C14H10BrN3O2. The van der Waals surface area contributed by atoms with E-state index in [1.807, 2.05) is 6.07 Å². The van der Waals surface area contributed by atoms with E-state index in [9.17, 15) is 4.79 Å². The first-order valence-corrected chi connectivity index (χ1v) is 6.51. The third kappa shape index (κ3) is 3.56. The Morgan fingerprint density at radius 3 is 3.00 bits per heavy atom. The fraction of sp³-hybridized carbons (Fsp3) is 0.0714. The predicted molar refractivity (Wildman–Crippen MR) is 77.4 cm³/mol. The monoisotopic (exact) mass is 331 g/mol. The lowest BCUT2D eigenvalue weighted by molar-refractivity contribution is 0.102. The number of pyridine rings is 1. The lowest BCUT2D eigenvalue weighted by Crippen LogP contribution is -2.13. The summed E-state index contributed by atoms with van der Waals surface area (Å²) in [5, 5.41) is 11.2. The van der Waals surface area contributed by atoms with E-state index < -0.39 is 0 Å². The molecule has 2 rings (SSSR count). The Balaban J connectivity index is 2.12. The van der Waals surface area contributed by atoms with Gasteiger partial charge in [0.1, 0.15) is 16.4 Å². The molecule has 0 spiro atoms. The lowest BCUT2D eigenvalue weighted by Gasteiger charge is -2.08. The number of nitrogens with zero attached hydrogens (tertiary/aromatic N) is 2. The maximum Gasteiger partial charge on any atom is 0.258 e. The Kier molecular flexibility index (Phi) is 4.69. The highest BCUT2D eigenvalue weighted by Crippen LogP contribution is 2.19. The van der Waals surface area contributed by atoms with Gasteiger partial charge in [0.25, 0.3) is 5.91 Å². The van der Waals surface area contributed by atoms with Crippen LogP contribution in [0.4, 0.5) is 5.69 Å². The standard InChI is InChI=1S/C14H10BrN3O2/c15-13-12(5-2-7-17-13)14(19)18-10-3-1-4-11(9-10)20-8-6-16/h1-5,7,9H,8H2,(H,18,19). The molecule has 0 fully saturated rings. The smallest absolute Gasteiger partial charge is 0.258 e. The van der Waals surface area contributed by atoms with Gasteiger partial charge in [-0.1, -0.05) is 6.07 Å². The van der Waals surface area contributed by atoms with E-state index in [2.05, 4.69) is 26.2 Å². The van der Waals surface area contributed by atoms with Gasteiger partial charge < -0.3 is 10.1 Å². The van der Waals surface area contributed by atoms with Crippen molar-refractivity contribution in [3.63, 3.8) is 0 Å². The number of halogens is 1. The highest BCUT2D eigenvalue weighted by molar-refractivity contribution is 9.10. The molecule has 1 amide bonds. The number of amides is 1. The molecule has 0 saturated carbocycles. The molecule has 2 aromatic rings. The number of carbonyl (C=O) groups excluding carboxylic acids is 1. The average Bonchev–Trinajstić information content (AvgIpc) is 2.46. The zero-order valence-electron chi connectivity index (χ0n) is 10.3. The van der Waals surface area contributed by atoms with Crippen molar-refractivity contribution in [3.05, 3.63) is 52.8 Å². The summed E-state index contributed by atoms with van der Waals surface area (Å²) in [4.78, 5) is 16.1. The summed E-state index contributed by atoms with van der Waals surface area (Å²) < 4.78 is 5.65. The molecule has 0 bridgehead atoms. The normalized spacial score (nSPS) is 9.60. The van der Waals surface area contributed by atoms with Gasteiger partial charge in [-0.2, -0.15) is 5.26 Å². The number of hydrogen-bond acceptors (Lipinski definition) is 4. The molecule has 6 heteroatoms. The SMILES string of the molecule is N#CCOc1cccc(NC(=O)c2cccnc2Br)c1. The number of anilines is 1. The van der Waals surface area contributed by atoms with Crippen LogP contribution in [0, 0.1) is 11.3 Å². The third-order valence-corrected chi connectivity index (χ3v) is 3.03. The zero-order chi connectivity index (χ0) is 14.4. The van der Waals surface area contributed by atoms with E-state index in [1.54, 1.807) is 42.6 Å². The van der Waals surface area contributed by atoms with E-state index in [-0.39, 0.29) is 12.5 Å². The average molecular weight is 332 g/mol. The molecule has 0 saturated heterocycles. The number of hydrogen-bond donors (Lipinski definition) is 1. The summed E-state index contributed by atoms with van der Waals surface area (Å²) >= 11 is 3.23. The van der Waals surface area contributed by atoms with E-state index in [4.69, 9.17) is 10.00 Å². The molecule has 0 aliphatic rings. The van der Waals surface area contributed by atoms with Crippen molar-refractivity contribution in [2.24, 2.45) is 0 Å². The number of benzene rings is 1. The second-order valence-corrected chi connectivity index (χ2v) is 4.52. The van der Waals surface area contributed by atoms with Crippen molar-refractivity contribution in [1.29, 1.82) is 5.26 Å². The van der Waals surface area contributed by atoms with Gasteiger partial charge in [0, 0.05) is 18.0 Å². The van der Waals surface area contributed by atoms with Crippen LogP contribution in [0.25, 0.3) is 0 Å². The fourth-order valence-electron chi connectivity index (χ4n) is 1.53. The molecule has 100 valence electrons. The van der Waals surface area contributed by atoms with Crippen molar-refractivity contribution in [3.8, 4) is 11.8 Å². The van der Waals surface area contributed by atoms with Gasteiger partial charge in [-0.15, -0.1) is 0 Å². The van der Waals surface area contributed by atoms with Crippen molar-refractivity contribution in [1.82, 2.24) is 4.98 Å². The highest BCUT2D eigenvalue weighted by Gasteiger charge is 2.10. The van der Waals surface area contributed by atoms with E-state index >= 15 is 0 Å². The molecule has 0 atom stereocenters. The molecule has 0 radical (unpaired) electrons. The van der Waals surface area contributed by atoms with Gasteiger partial charge in [-0.25, -0.2) is 4.98 Å². The van der Waals surface area contributed by atoms with Gasteiger partial charge in [0.2, 0.25) is 0 Å². The molecule has 1 N–H and O–H groups in total. The summed E-state index contributed by atoms with van der Waals surface area (Å²) in [7, 11) is 0. The van der Waals surface area contributed by atoms with Crippen LogP contribution in [-0.4, -0.2) is 17.5 Å². The van der Waals surface area contributed by atoms with Gasteiger partial charge in [-0.05, 0) is 40.2 Å². The third-order valence-electron chi connectivity index (χ3n) is 2.40. The minimum absolute atomic E-state index is 0.0362. The number of nitriles is 1. The maximum atomic E-state index is 12.1. The second-order valence-electron chi connectivity index (χ2n) is 3.77. The predicted octanol–water partition coefficient (Wildman–Crippen LogP) is 3.00. The summed E-state index contributed by atoms with van der Waals surface area (Å²) in [6, 6.07) is 12.1. The topological polar surface area (TPSA) is 75.0 Å². The molecule has 20 heavy (non-hydrogen) atoms. The molecule has 1 aromatic heterocycles. The van der Waals surface area contributed by atoms with Crippen LogP contribution >= 0.6 is 15.9 Å². The quantitative estimate of drug-likeness (QED) is 0.874.